The van der Waals surface area contributed by atoms with Gasteiger partial charge in [-0.2, -0.15) is 5.26 Å². The lowest BCUT2D eigenvalue weighted by atomic mass is 10.1. The number of ether oxygens (including phenoxy) is 1. The third-order valence-corrected chi connectivity index (χ3v) is 1.08. The van der Waals surface area contributed by atoms with Crippen LogP contribution in [-0.4, -0.2) is 12.7 Å². The fraction of sp³-hybridized carbons (Fsp3) is 0.857. The van der Waals surface area contributed by atoms with Gasteiger partial charge in [-0.05, 0) is 12.8 Å². The van der Waals surface area contributed by atoms with E-state index < -0.39 is 0 Å². The van der Waals surface area contributed by atoms with Crippen molar-refractivity contribution in [2.75, 3.05) is 6.61 Å². The van der Waals surface area contributed by atoms with Crippen molar-refractivity contribution in [2.45, 2.75) is 26.9 Å². The second-order valence-corrected chi connectivity index (χ2v) is 2.25. The zero-order valence-electron chi connectivity index (χ0n) is 6.22. The Bertz CT molecular complexity index is 104. The summed E-state index contributed by atoms with van der Waals surface area (Å²) in [6.45, 7) is 6.47. The summed E-state index contributed by atoms with van der Waals surface area (Å²) in [5, 5.41) is 8.45. The fourth-order valence-corrected chi connectivity index (χ4v) is 0.558. The van der Waals surface area contributed by atoms with Crippen molar-refractivity contribution in [1.82, 2.24) is 0 Å². The number of nitrogens with zero attached hydrogens (tertiary/aromatic N) is 1. The molecular weight excluding hydrogens is 114 g/mol. The first-order valence-corrected chi connectivity index (χ1v) is 3.23. The first-order valence-electron chi connectivity index (χ1n) is 3.23. The summed E-state index contributed by atoms with van der Waals surface area (Å²) in [6.07, 6.45) is -0.227. The van der Waals surface area contributed by atoms with Gasteiger partial charge in [0.25, 0.3) is 0 Å². The molecule has 0 aromatic heterocycles. The summed E-state index contributed by atoms with van der Waals surface area (Å²) >= 11 is 0. The maximum atomic E-state index is 8.45. The minimum absolute atomic E-state index is 0.227. The number of hydrogen-bond donors (Lipinski definition) is 0. The molecule has 2 nitrogen and oxygen atoms in total. The highest BCUT2D eigenvalue weighted by Crippen LogP contribution is 2.03. The fourth-order valence-electron chi connectivity index (χ4n) is 0.558. The van der Waals surface area contributed by atoms with Crippen LogP contribution in [-0.2, 0) is 4.74 Å². The molecule has 1 atom stereocenters. The highest BCUT2D eigenvalue weighted by molar-refractivity contribution is 4.85. The maximum Gasteiger partial charge on any atom is 0.146 e. The Kier molecular flexibility index (Phi) is 4.08. The predicted octanol–water partition coefficient (Wildman–Crippen LogP) is 1.57. The Balaban J connectivity index is 3.58. The first-order chi connectivity index (χ1) is 4.22. The molecule has 0 fully saturated rings. The first kappa shape index (κ1) is 8.45. The Hall–Kier alpha value is -0.550. The van der Waals surface area contributed by atoms with Crippen molar-refractivity contribution in [3.63, 3.8) is 0 Å². The average molecular weight is 127 g/mol. The zero-order valence-corrected chi connectivity index (χ0v) is 6.22. The molecule has 0 aromatic carbocycles. The van der Waals surface area contributed by atoms with Crippen LogP contribution in [0.15, 0.2) is 0 Å². The summed E-state index contributed by atoms with van der Waals surface area (Å²) < 4.78 is 5.09. The molecule has 2 heteroatoms. The molecule has 0 radical (unpaired) electrons. The van der Waals surface area contributed by atoms with E-state index in [1.165, 1.54) is 0 Å². The molecule has 52 valence electrons. The van der Waals surface area contributed by atoms with Crippen LogP contribution in [0.2, 0.25) is 0 Å². The highest BCUT2D eigenvalue weighted by Gasteiger charge is 2.09. The molecule has 0 bridgehead atoms. The molecule has 0 aliphatic rings. The van der Waals surface area contributed by atoms with E-state index in [0.717, 1.165) is 0 Å². The van der Waals surface area contributed by atoms with Crippen LogP contribution in [0.1, 0.15) is 20.8 Å². The van der Waals surface area contributed by atoms with Gasteiger partial charge in [-0.3, -0.25) is 0 Å². The molecule has 0 aromatic rings. The SMILES string of the molecule is CCOC(C#N)C(C)C. The minimum atomic E-state index is -0.227. The van der Waals surface area contributed by atoms with Gasteiger partial charge in [-0.15, -0.1) is 0 Å². The average Bonchev–Trinajstić information content (AvgIpc) is 1.82. The van der Waals surface area contributed by atoms with Gasteiger partial charge in [0.2, 0.25) is 0 Å². The van der Waals surface area contributed by atoms with Crippen molar-refractivity contribution in [1.29, 1.82) is 5.26 Å². The van der Waals surface area contributed by atoms with Gasteiger partial charge < -0.3 is 4.74 Å². The van der Waals surface area contributed by atoms with Gasteiger partial charge >= 0.3 is 0 Å². The Morgan fingerprint density at radius 2 is 2.11 bits per heavy atom. The second-order valence-electron chi connectivity index (χ2n) is 2.25. The second kappa shape index (κ2) is 4.34. The normalized spacial score (nSPS) is 13.2. The number of nitriles is 1. The van der Waals surface area contributed by atoms with Gasteiger partial charge in [0, 0.05) is 6.61 Å². The van der Waals surface area contributed by atoms with E-state index >= 15 is 0 Å². The topological polar surface area (TPSA) is 33.0 Å². The molecule has 0 saturated heterocycles. The lowest BCUT2D eigenvalue weighted by molar-refractivity contribution is 0.0700. The molecule has 0 amide bonds. The zero-order chi connectivity index (χ0) is 7.28. The molecular formula is C7H13NO. The molecule has 0 rings (SSSR count). The van der Waals surface area contributed by atoms with Gasteiger partial charge in [0.05, 0.1) is 6.07 Å². The third-order valence-electron chi connectivity index (χ3n) is 1.08. The molecule has 0 aliphatic heterocycles. The van der Waals surface area contributed by atoms with Crippen molar-refractivity contribution in [3.05, 3.63) is 0 Å². The number of hydrogen-bond acceptors (Lipinski definition) is 2. The summed E-state index contributed by atoms with van der Waals surface area (Å²) in [5.41, 5.74) is 0. The van der Waals surface area contributed by atoms with E-state index in [4.69, 9.17) is 10.00 Å². The highest BCUT2D eigenvalue weighted by atomic mass is 16.5. The van der Waals surface area contributed by atoms with Crippen LogP contribution >= 0.6 is 0 Å². The van der Waals surface area contributed by atoms with Crippen molar-refractivity contribution in [2.24, 2.45) is 5.92 Å². The maximum absolute atomic E-state index is 8.45. The molecule has 0 heterocycles. The van der Waals surface area contributed by atoms with E-state index in [9.17, 15) is 0 Å². The van der Waals surface area contributed by atoms with Gasteiger partial charge in [-0.25, -0.2) is 0 Å². The smallest absolute Gasteiger partial charge is 0.146 e. The molecule has 0 saturated carbocycles. The van der Waals surface area contributed by atoms with Crippen LogP contribution in [0.3, 0.4) is 0 Å². The lowest BCUT2D eigenvalue weighted by Gasteiger charge is -2.11. The van der Waals surface area contributed by atoms with Crippen molar-refractivity contribution in [3.8, 4) is 6.07 Å². The lowest BCUT2D eigenvalue weighted by Crippen LogP contribution is -2.16. The molecule has 1 unspecified atom stereocenters. The van der Waals surface area contributed by atoms with Crippen LogP contribution in [0.5, 0.6) is 0 Å². The summed E-state index contributed by atoms with van der Waals surface area (Å²) in [7, 11) is 0. The Morgan fingerprint density at radius 1 is 1.56 bits per heavy atom. The standard InChI is InChI=1S/C7H13NO/c1-4-9-7(5-8)6(2)3/h6-7H,4H2,1-3H3. The molecule has 0 aliphatic carbocycles. The van der Waals surface area contributed by atoms with Crippen LogP contribution in [0.4, 0.5) is 0 Å². The summed E-state index contributed by atoms with van der Waals surface area (Å²) in [6, 6.07) is 2.08. The van der Waals surface area contributed by atoms with E-state index in [1.807, 2.05) is 20.8 Å². The Morgan fingerprint density at radius 3 is 2.22 bits per heavy atom. The minimum Gasteiger partial charge on any atom is -0.363 e. The quantitative estimate of drug-likeness (QED) is 0.576. The third kappa shape index (κ3) is 3.10. The van der Waals surface area contributed by atoms with E-state index in [0.29, 0.717) is 12.5 Å². The van der Waals surface area contributed by atoms with Gasteiger partial charge in [0.15, 0.2) is 0 Å². The Labute approximate surface area is 56.4 Å². The monoisotopic (exact) mass is 127 g/mol. The largest absolute Gasteiger partial charge is 0.363 e. The molecule has 0 spiro atoms. The van der Waals surface area contributed by atoms with Gasteiger partial charge in [0.1, 0.15) is 6.10 Å². The molecule has 0 N–H and O–H groups in total. The van der Waals surface area contributed by atoms with Crippen molar-refractivity contribution < 1.29 is 4.74 Å². The summed E-state index contributed by atoms with van der Waals surface area (Å²) in [5.74, 6) is 0.301. The van der Waals surface area contributed by atoms with E-state index in [-0.39, 0.29) is 6.10 Å². The predicted molar refractivity (Wildman–Crippen MR) is 35.9 cm³/mol. The van der Waals surface area contributed by atoms with Crippen LogP contribution in [0, 0.1) is 17.2 Å². The summed E-state index contributed by atoms with van der Waals surface area (Å²) in [4.78, 5) is 0. The molecule has 9 heavy (non-hydrogen) atoms. The number of rotatable bonds is 3. The van der Waals surface area contributed by atoms with Crippen molar-refractivity contribution >= 4 is 0 Å². The van der Waals surface area contributed by atoms with E-state index in [1.54, 1.807) is 0 Å². The van der Waals surface area contributed by atoms with Gasteiger partial charge in [-0.1, -0.05) is 13.8 Å². The van der Waals surface area contributed by atoms with E-state index in [2.05, 4.69) is 6.07 Å². The van der Waals surface area contributed by atoms with Crippen LogP contribution in [0.25, 0.3) is 0 Å². The van der Waals surface area contributed by atoms with Crippen LogP contribution < -0.4 is 0 Å².